The molecule has 1 aliphatic rings. The van der Waals surface area contributed by atoms with Gasteiger partial charge in [0.2, 0.25) is 5.91 Å². The summed E-state index contributed by atoms with van der Waals surface area (Å²) in [6.07, 6.45) is 3.36. The number of thiophene rings is 1. The monoisotopic (exact) mass is 388 g/mol. The Morgan fingerprint density at radius 1 is 1.35 bits per heavy atom. The van der Waals surface area contributed by atoms with Gasteiger partial charge < -0.3 is 5.32 Å². The maximum atomic E-state index is 12.7. The normalized spacial score (nSPS) is 17.0. The number of aryl methyl sites for hydroxylation is 3. The van der Waals surface area contributed by atoms with Crippen molar-refractivity contribution in [2.45, 2.75) is 69.7 Å². The third-order valence-electron chi connectivity index (χ3n) is 5.07. The van der Waals surface area contributed by atoms with Gasteiger partial charge >= 0.3 is 0 Å². The summed E-state index contributed by atoms with van der Waals surface area (Å²) in [5, 5.41) is 14.0. The zero-order valence-corrected chi connectivity index (χ0v) is 17.5. The Labute approximate surface area is 162 Å². The molecule has 0 aromatic carbocycles. The average molecular weight is 389 g/mol. The first-order valence-corrected chi connectivity index (χ1v) is 10.6. The third-order valence-corrected chi connectivity index (χ3v) is 7.34. The number of rotatable bonds is 5. The Kier molecular flexibility index (Phi) is 5.27. The average Bonchev–Trinajstić information content (AvgIpc) is 3.14. The molecule has 5 nitrogen and oxygen atoms in total. The van der Waals surface area contributed by atoms with E-state index < -0.39 is 5.54 Å². The number of carbonyl (C=O) groups is 1. The molecule has 0 saturated carbocycles. The molecule has 0 saturated heterocycles. The van der Waals surface area contributed by atoms with E-state index in [9.17, 15) is 10.1 Å². The summed E-state index contributed by atoms with van der Waals surface area (Å²) in [6.45, 7) is 9.41. The van der Waals surface area contributed by atoms with Gasteiger partial charge in [-0.05, 0) is 51.5 Å². The van der Waals surface area contributed by atoms with Crippen LogP contribution in [0.25, 0.3) is 10.2 Å². The molecule has 0 bridgehead atoms. The predicted molar refractivity (Wildman–Crippen MR) is 106 cm³/mol. The van der Waals surface area contributed by atoms with Gasteiger partial charge in [-0.3, -0.25) is 4.79 Å². The highest BCUT2D eigenvalue weighted by Gasteiger charge is 2.32. The standard InChI is InChI=1S/C19H24N4OS2/c1-10(2)19(5,9-20)23-16(24)11(3)25-17-15-13-7-6-8-14(13)26-18(15)22-12(4)21-17/h10-11H,6-8H2,1-5H3,(H,23,24)/t11-,19-/m0/s1. The van der Waals surface area contributed by atoms with Crippen molar-refractivity contribution in [1.29, 1.82) is 5.26 Å². The molecule has 0 fully saturated rings. The molecule has 3 rings (SSSR count). The quantitative estimate of drug-likeness (QED) is 0.618. The first-order valence-electron chi connectivity index (χ1n) is 8.94. The number of nitrogens with zero attached hydrogens (tertiary/aromatic N) is 3. The first-order chi connectivity index (χ1) is 12.2. The van der Waals surface area contributed by atoms with Gasteiger partial charge in [0, 0.05) is 10.3 Å². The maximum Gasteiger partial charge on any atom is 0.234 e. The van der Waals surface area contributed by atoms with Crippen LogP contribution in [0.1, 0.15) is 50.4 Å². The van der Waals surface area contributed by atoms with Crippen LogP contribution >= 0.6 is 23.1 Å². The fourth-order valence-electron chi connectivity index (χ4n) is 3.03. The molecule has 2 aromatic heterocycles. The number of fused-ring (bicyclic) bond motifs is 3. The number of nitrogens with one attached hydrogen (secondary N) is 1. The van der Waals surface area contributed by atoms with Crippen molar-refractivity contribution in [1.82, 2.24) is 15.3 Å². The smallest absolute Gasteiger partial charge is 0.234 e. The lowest BCUT2D eigenvalue weighted by molar-refractivity contribution is -0.121. The number of hydrogen-bond acceptors (Lipinski definition) is 6. The van der Waals surface area contributed by atoms with Gasteiger partial charge in [-0.1, -0.05) is 25.6 Å². The van der Waals surface area contributed by atoms with Crippen molar-refractivity contribution in [3.05, 3.63) is 16.3 Å². The van der Waals surface area contributed by atoms with Gasteiger partial charge in [0.25, 0.3) is 0 Å². The second-order valence-corrected chi connectivity index (χ2v) is 9.74. The fourth-order valence-corrected chi connectivity index (χ4v) is 5.42. The number of thioether (sulfide) groups is 1. The Hall–Kier alpha value is -1.65. The van der Waals surface area contributed by atoms with Crippen LogP contribution in [0.2, 0.25) is 0 Å². The van der Waals surface area contributed by atoms with Crippen LogP contribution in [-0.2, 0) is 17.6 Å². The molecule has 2 aromatic rings. The Balaban J connectivity index is 1.87. The van der Waals surface area contributed by atoms with E-state index in [0.717, 1.165) is 33.9 Å². The van der Waals surface area contributed by atoms with Gasteiger partial charge in [-0.15, -0.1) is 11.3 Å². The maximum absolute atomic E-state index is 12.7. The molecular formula is C19H24N4OS2. The van der Waals surface area contributed by atoms with Crippen LogP contribution in [0.15, 0.2) is 5.03 Å². The summed E-state index contributed by atoms with van der Waals surface area (Å²) in [5.41, 5.74) is 0.496. The number of aromatic nitrogens is 2. The molecule has 138 valence electrons. The topological polar surface area (TPSA) is 78.7 Å². The number of carbonyl (C=O) groups excluding carboxylic acids is 1. The van der Waals surface area contributed by atoms with E-state index in [0.29, 0.717) is 0 Å². The van der Waals surface area contributed by atoms with Gasteiger partial charge in [-0.2, -0.15) is 5.26 Å². The van der Waals surface area contributed by atoms with E-state index in [1.807, 2.05) is 27.7 Å². The summed E-state index contributed by atoms with van der Waals surface area (Å²) in [4.78, 5) is 24.4. The molecule has 1 N–H and O–H groups in total. The Bertz CT molecular complexity index is 899. The molecule has 26 heavy (non-hydrogen) atoms. The lowest BCUT2D eigenvalue weighted by Gasteiger charge is -2.28. The van der Waals surface area contributed by atoms with E-state index >= 15 is 0 Å². The van der Waals surface area contributed by atoms with Crippen LogP contribution in [0.4, 0.5) is 0 Å². The minimum atomic E-state index is -0.869. The van der Waals surface area contributed by atoms with Crippen molar-refractivity contribution in [2.75, 3.05) is 0 Å². The molecule has 0 unspecified atom stereocenters. The number of nitriles is 1. The zero-order chi connectivity index (χ0) is 19.1. The van der Waals surface area contributed by atoms with Gasteiger partial charge in [0.1, 0.15) is 21.2 Å². The van der Waals surface area contributed by atoms with Gasteiger partial charge in [0.05, 0.1) is 11.3 Å². The van der Waals surface area contributed by atoms with Crippen LogP contribution in [0.5, 0.6) is 0 Å². The molecule has 2 heterocycles. The first kappa shape index (κ1) is 19.1. The molecule has 1 amide bonds. The molecule has 0 spiro atoms. The van der Waals surface area contributed by atoms with E-state index in [-0.39, 0.29) is 17.1 Å². The van der Waals surface area contributed by atoms with E-state index in [1.54, 1.807) is 18.3 Å². The number of hydrogen-bond donors (Lipinski definition) is 1. The van der Waals surface area contributed by atoms with Crippen molar-refractivity contribution < 1.29 is 4.79 Å². The molecule has 0 radical (unpaired) electrons. The van der Waals surface area contributed by atoms with Gasteiger partial charge in [0.15, 0.2) is 0 Å². The number of amides is 1. The second kappa shape index (κ2) is 7.16. The Morgan fingerprint density at radius 3 is 2.73 bits per heavy atom. The second-order valence-electron chi connectivity index (χ2n) is 7.33. The van der Waals surface area contributed by atoms with Crippen LogP contribution < -0.4 is 5.32 Å². The van der Waals surface area contributed by atoms with E-state index in [1.165, 1.54) is 28.6 Å². The molecular weight excluding hydrogens is 364 g/mol. The van der Waals surface area contributed by atoms with Crippen molar-refractivity contribution in [3.8, 4) is 6.07 Å². The highest BCUT2D eigenvalue weighted by Crippen LogP contribution is 2.41. The van der Waals surface area contributed by atoms with Crippen LogP contribution in [0, 0.1) is 24.2 Å². The minimum absolute atomic E-state index is 0.0294. The van der Waals surface area contributed by atoms with Crippen LogP contribution in [-0.4, -0.2) is 26.7 Å². The highest BCUT2D eigenvalue weighted by molar-refractivity contribution is 8.00. The molecule has 0 aliphatic heterocycles. The molecule has 7 heteroatoms. The molecule has 2 atom stereocenters. The zero-order valence-electron chi connectivity index (χ0n) is 15.8. The van der Waals surface area contributed by atoms with Gasteiger partial charge in [-0.25, -0.2) is 9.97 Å². The fraction of sp³-hybridized carbons (Fsp3) is 0.579. The van der Waals surface area contributed by atoms with E-state index in [4.69, 9.17) is 0 Å². The summed E-state index contributed by atoms with van der Waals surface area (Å²) in [6, 6.07) is 2.23. The lowest BCUT2D eigenvalue weighted by Crippen LogP contribution is -2.51. The van der Waals surface area contributed by atoms with Crippen molar-refractivity contribution >= 4 is 39.2 Å². The largest absolute Gasteiger partial charge is 0.337 e. The Morgan fingerprint density at radius 2 is 2.08 bits per heavy atom. The SMILES string of the molecule is Cc1nc(S[C@@H](C)C(=O)N[C@@](C)(C#N)C(C)C)c2c3c(sc2n1)CCC3. The summed E-state index contributed by atoms with van der Waals surface area (Å²) in [5.74, 6) is 0.627. The third kappa shape index (κ3) is 3.45. The van der Waals surface area contributed by atoms with E-state index in [2.05, 4.69) is 21.4 Å². The summed E-state index contributed by atoms with van der Waals surface area (Å²) >= 11 is 3.22. The highest BCUT2D eigenvalue weighted by atomic mass is 32.2. The minimum Gasteiger partial charge on any atom is -0.337 e. The summed E-state index contributed by atoms with van der Waals surface area (Å²) < 4.78 is 0. The predicted octanol–water partition coefficient (Wildman–Crippen LogP) is 4.02. The van der Waals surface area contributed by atoms with Crippen molar-refractivity contribution in [3.63, 3.8) is 0 Å². The molecule has 1 aliphatic carbocycles. The van der Waals surface area contributed by atoms with Crippen LogP contribution in [0.3, 0.4) is 0 Å². The lowest BCUT2D eigenvalue weighted by atomic mass is 9.90. The van der Waals surface area contributed by atoms with Crippen molar-refractivity contribution in [2.24, 2.45) is 5.92 Å². The summed E-state index contributed by atoms with van der Waals surface area (Å²) in [7, 11) is 0.